The number of hydrogen-bond acceptors (Lipinski definition) is 2. The molecule has 98 valence electrons. The lowest BCUT2D eigenvalue weighted by molar-refractivity contribution is -0.143. The summed E-state index contributed by atoms with van der Waals surface area (Å²) in [6.07, 6.45) is 0.760. The maximum atomic E-state index is 11.4. The van der Waals surface area contributed by atoms with Crippen LogP contribution in [0.3, 0.4) is 0 Å². The number of halogens is 1. The van der Waals surface area contributed by atoms with Crippen LogP contribution in [0.5, 0.6) is 0 Å². The van der Waals surface area contributed by atoms with Gasteiger partial charge in [0.2, 0.25) is 5.91 Å². The second-order valence-electron chi connectivity index (χ2n) is 4.17. The fraction of sp³-hybridized carbons (Fsp3) is 0.385. The molecule has 5 heteroatoms. The summed E-state index contributed by atoms with van der Waals surface area (Å²) in [6.45, 7) is 2.05. The zero-order valence-corrected chi connectivity index (χ0v) is 11.7. The van der Waals surface area contributed by atoms with E-state index in [-0.39, 0.29) is 12.3 Å². The van der Waals surface area contributed by atoms with Crippen LogP contribution < -0.4 is 5.32 Å². The van der Waals surface area contributed by atoms with Gasteiger partial charge in [0, 0.05) is 17.4 Å². The highest BCUT2D eigenvalue weighted by Crippen LogP contribution is 2.10. The summed E-state index contributed by atoms with van der Waals surface area (Å²) in [6, 6.07) is 7.86. The first kappa shape index (κ1) is 14.7. The highest BCUT2D eigenvalue weighted by atomic mass is 79.9. The number of hydrogen-bond donors (Lipinski definition) is 2. The van der Waals surface area contributed by atoms with Crippen LogP contribution in [0.4, 0.5) is 0 Å². The molecule has 0 saturated carbocycles. The monoisotopic (exact) mass is 313 g/mol. The van der Waals surface area contributed by atoms with Crippen molar-refractivity contribution in [3.63, 3.8) is 0 Å². The van der Waals surface area contributed by atoms with E-state index in [2.05, 4.69) is 21.2 Å². The average Bonchev–Trinajstić information content (AvgIpc) is 2.31. The van der Waals surface area contributed by atoms with Crippen molar-refractivity contribution in [3.8, 4) is 0 Å². The van der Waals surface area contributed by atoms with E-state index in [4.69, 9.17) is 5.11 Å². The fourth-order valence-corrected chi connectivity index (χ4v) is 1.70. The van der Waals surface area contributed by atoms with Crippen LogP contribution in [0.2, 0.25) is 0 Å². The SMILES string of the molecule is CC(CC(=O)NCCc1ccc(Br)cc1)C(=O)O. The van der Waals surface area contributed by atoms with Crippen LogP contribution in [-0.4, -0.2) is 23.5 Å². The number of benzene rings is 1. The van der Waals surface area contributed by atoms with Crippen LogP contribution in [0, 0.1) is 5.92 Å². The van der Waals surface area contributed by atoms with Crippen molar-refractivity contribution in [1.82, 2.24) is 5.32 Å². The molecule has 2 N–H and O–H groups in total. The van der Waals surface area contributed by atoms with Gasteiger partial charge in [0.25, 0.3) is 0 Å². The lowest BCUT2D eigenvalue weighted by Gasteiger charge is -2.07. The lowest BCUT2D eigenvalue weighted by atomic mass is 10.1. The van der Waals surface area contributed by atoms with E-state index in [1.807, 2.05) is 24.3 Å². The van der Waals surface area contributed by atoms with E-state index in [1.165, 1.54) is 6.92 Å². The molecular formula is C13H16BrNO3. The Labute approximate surface area is 115 Å². The van der Waals surface area contributed by atoms with Gasteiger partial charge in [-0.05, 0) is 24.1 Å². The van der Waals surface area contributed by atoms with Crippen LogP contribution in [0.25, 0.3) is 0 Å². The summed E-state index contributed by atoms with van der Waals surface area (Å²) in [5, 5.41) is 11.4. The van der Waals surface area contributed by atoms with Crippen molar-refractivity contribution in [2.75, 3.05) is 6.54 Å². The van der Waals surface area contributed by atoms with E-state index >= 15 is 0 Å². The summed E-state index contributed by atoms with van der Waals surface area (Å²) >= 11 is 3.35. The molecule has 0 aliphatic heterocycles. The number of aliphatic carboxylic acids is 1. The van der Waals surface area contributed by atoms with E-state index in [0.717, 1.165) is 16.5 Å². The third-order valence-corrected chi connectivity index (χ3v) is 3.09. The third kappa shape index (κ3) is 5.31. The van der Waals surface area contributed by atoms with E-state index in [0.29, 0.717) is 6.54 Å². The summed E-state index contributed by atoms with van der Waals surface area (Å²) in [5.74, 6) is -1.81. The molecule has 18 heavy (non-hydrogen) atoms. The molecule has 1 unspecified atom stereocenters. The molecule has 0 bridgehead atoms. The number of rotatable bonds is 6. The van der Waals surface area contributed by atoms with E-state index in [9.17, 15) is 9.59 Å². The largest absolute Gasteiger partial charge is 0.481 e. The molecule has 0 spiro atoms. The van der Waals surface area contributed by atoms with Crippen molar-refractivity contribution < 1.29 is 14.7 Å². The van der Waals surface area contributed by atoms with E-state index < -0.39 is 11.9 Å². The smallest absolute Gasteiger partial charge is 0.306 e. The Balaban J connectivity index is 2.27. The first-order valence-corrected chi connectivity index (χ1v) is 6.52. The summed E-state index contributed by atoms with van der Waals surface area (Å²) < 4.78 is 1.02. The van der Waals surface area contributed by atoms with Crippen LogP contribution in [0.1, 0.15) is 18.9 Å². The molecule has 1 rings (SSSR count). The predicted molar refractivity (Wildman–Crippen MR) is 72.3 cm³/mol. The van der Waals surface area contributed by atoms with Gasteiger partial charge in [0.05, 0.1) is 5.92 Å². The molecule has 0 radical (unpaired) electrons. The van der Waals surface area contributed by atoms with Gasteiger partial charge in [-0.3, -0.25) is 9.59 Å². The molecule has 0 aliphatic rings. The van der Waals surface area contributed by atoms with Crippen molar-refractivity contribution >= 4 is 27.8 Å². The number of carboxylic acids is 1. The minimum Gasteiger partial charge on any atom is -0.481 e. The minimum absolute atomic E-state index is 0.0235. The zero-order valence-electron chi connectivity index (χ0n) is 10.1. The molecule has 1 atom stereocenters. The summed E-state index contributed by atoms with van der Waals surface area (Å²) in [4.78, 5) is 22.0. The normalized spacial score (nSPS) is 11.9. The second kappa shape index (κ2) is 7.16. The Kier molecular flexibility index (Phi) is 5.85. The molecule has 0 heterocycles. The van der Waals surface area contributed by atoms with Gasteiger partial charge in [-0.25, -0.2) is 0 Å². The van der Waals surface area contributed by atoms with Crippen molar-refractivity contribution in [1.29, 1.82) is 0 Å². The van der Waals surface area contributed by atoms with Crippen LogP contribution >= 0.6 is 15.9 Å². The number of carboxylic acid groups (broad SMARTS) is 1. The van der Waals surface area contributed by atoms with Crippen molar-refractivity contribution in [2.24, 2.45) is 5.92 Å². The fourth-order valence-electron chi connectivity index (χ4n) is 1.43. The average molecular weight is 314 g/mol. The van der Waals surface area contributed by atoms with Gasteiger partial charge in [-0.1, -0.05) is 35.0 Å². The first-order chi connectivity index (χ1) is 8.49. The van der Waals surface area contributed by atoms with Gasteiger partial charge in [-0.15, -0.1) is 0 Å². The molecular weight excluding hydrogens is 298 g/mol. The van der Waals surface area contributed by atoms with Crippen molar-refractivity contribution in [2.45, 2.75) is 19.8 Å². The highest BCUT2D eigenvalue weighted by molar-refractivity contribution is 9.10. The maximum Gasteiger partial charge on any atom is 0.306 e. The van der Waals surface area contributed by atoms with E-state index in [1.54, 1.807) is 0 Å². The molecule has 1 amide bonds. The first-order valence-electron chi connectivity index (χ1n) is 5.73. The highest BCUT2D eigenvalue weighted by Gasteiger charge is 2.14. The number of nitrogens with one attached hydrogen (secondary N) is 1. The Morgan fingerprint density at radius 3 is 2.50 bits per heavy atom. The maximum absolute atomic E-state index is 11.4. The van der Waals surface area contributed by atoms with Crippen molar-refractivity contribution in [3.05, 3.63) is 34.3 Å². The zero-order chi connectivity index (χ0) is 13.5. The Morgan fingerprint density at radius 1 is 1.33 bits per heavy atom. The molecule has 4 nitrogen and oxygen atoms in total. The number of carbonyl (C=O) groups is 2. The van der Waals surface area contributed by atoms with Gasteiger partial charge in [0.15, 0.2) is 0 Å². The molecule has 0 aliphatic carbocycles. The molecule has 1 aromatic rings. The number of carbonyl (C=O) groups excluding carboxylic acids is 1. The summed E-state index contributed by atoms with van der Waals surface area (Å²) in [7, 11) is 0. The quantitative estimate of drug-likeness (QED) is 0.846. The molecule has 0 fully saturated rings. The lowest BCUT2D eigenvalue weighted by Crippen LogP contribution is -2.28. The Hall–Kier alpha value is -1.36. The van der Waals surface area contributed by atoms with Gasteiger partial charge < -0.3 is 10.4 Å². The minimum atomic E-state index is -0.946. The van der Waals surface area contributed by atoms with Crippen LogP contribution in [-0.2, 0) is 16.0 Å². The van der Waals surface area contributed by atoms with Gasteiger partial charge >= 0.3 is 5.97 Å². The standard InChI is InChI=1S/C13H16BrNO3/c1-9(13(17)18)8-12(16)15-7-6-10-2-4-11(14)5-3-10/h2-5,9H,6-8H2,1H3,(H,15,16)(H,17,18). The summed E-state index contributed by atoms with van der Waals surface area (Å²) in [5.41, 5.74) is 1.13. The Bertz CT molecular complexity index is 417. The molecule has 1 aromatic carbocycles. The van der Waals surface area contributed by atoms with Crippen LogP contribution in [0.15, 0.2) is 28.7 Å². The molecule has 0 aromatic heterocycles. The third-order valence-electron chi connectivity index (χ3n) is 2.56. The topological polar surface area (TPSA) is 66.4 Å². The van der Waals surface area contributed by atoms with Gasteiger partial charge in [0.1, 0.15) is 0 Å². The predicted octanol–water partition coefficient (Wildman–Crippen LogP) is 2.22. The second-order valence-corrected chi connectivity index (χ2v) is 5.09. The Morgan fingerprint density at radius 2 is 1.94 bits per heavy atom. The molecule has 0 saturated heterocycles. The number of amides is 1. The van der Waals surface area contributed by atoms with Gasteiger partial charge in [-0.2, -0.15) is 0 Å².